The second-order valence-electron chi connectivity index (χ2n) is 37.2. The molecule has 0 spiro atoms. The van der Waals surface area contributed by atoms with E-state index in [2.05, 4.69) is 437 Å². The molecule has 13 nitrogen and oxygen atoms in total. The molecule has 29 aromatic rings. The lowest BCUT2D eigenvalue weighted by atomic mass is 10.0. The summed E-state index contributed by atoms with van der Waals surface area (Å²) in [6.07, 6.45) is 1.83. The zero-order valence-electron chi connectivity index (χ0n) is 80.5. The van der Waals surface area contributed by atoms with Gasteiger partial charge in [-0.2, -0.15) is 0 Å². The molecule has 0 radical (unpaired) electrons. The summed E-state index contributed by atoms with van der Waals surface area (Å²) >= 11 is 0. The minimum atomic E-state index is 0.641. The first-order valence-electron chi connectivity index (χ1n) is 50.1. The summed E-state index contributed by atoms with van der Waals surface area (Å²) in [5.74, 6) is 2.66. The Morgan fingerprint density at radius 1 is 0.154 bits per heavy atom. The molecule has 0 saturated heterocycles. The molecule has 13 heteroatoms. The third-order valence-corrected chi connectivity index (χ3v) is 28.3. The molecule has 10 heterocycles. The molecule has 0 aliphatic carbocycles. The van der Waals surface area contributed by atoms with E-state index in [0.29, 0.717) is 23.3 Å². The lowest BCUT2D eigenvalue weighted by molar-refractivity contribution is 1.07. The summed E-state index contributed by atoms with van der Waals surface area (Å²) in [4.78, 5) is 50.0. The number of fused-ring (bicyclic) bond motifs is 18. The van der Waals surface area contributed by atoms with Gasteiger partial charge in [0.25, 0.3) is 0 Å². The van der Waals surface area contributed by atoms with Crippen LogP contribution in [0.3, 0.4) is 0 Å². The largest absolute Gasteiger partial charge is 0.308 e. The fourth-order valence-electron chi connectivity index (χ4n) is 21.2. The van der Waals surface area contributed by atoms with Gasteiger partial charge in [0, 0.05) is 138 Å². The monoisotopic (exact) mass is 1900 g/mol. The van der Waals surface area contributed by atoms with E-state index in [1.807, 2.05) is 109 Å². The zero-order valence-corrected chi connectivity index (χ0v) is 80.5. The van der Waals surface area contributed by atoms with Crippen LogP contribution in [0, 0.1) is 0 Å². The molecule has 0 aliphatic rings. The third kappa shape index (κ3) is 16.2. The van der Waals surface area contributed by atoms with Crippen LogP contribution in [-0.2, 0) is 0 Å². The number of para-hydroxylation sites is 6. The van der Waals surface area contributed by atoms with Gasteiger partial charge in [-0.3, -0.25) is 4.98 Å². The summed E-state index contributed by atoms with van der Waals surface area (Å²) in [6, 6.07) is 182. The molecule has 0 unspecified atom stereocenters. The van der Waals surface area contributed by atoms with Crippen LogP contribution < -0.4 is 0 Å². The first-order valence-corrected chi connectivity index (χ1v) is 50.1. The van der Waals surface area contributed by atoms with Crippen molar-refractivity contribution in [3.8, 4) is 152 Å². The van der Waals surface area contributed by atoms with Crippen LogP contribution in [0.2, 0.25) is 0 Å². The Morgan fingerprint density at radius 2 is 0.409 bits per heavy atom. The summed E-state index contributed by atoms with van der Waals surface area (Å²) in [5, 5.41) is 12.6. The fraction of sp³-hybridized carbons (Fsp3) is 0. The summed E-state index contributed by atoms with van der Waals surface area (Å²) in [6.45, 7) is 0. The van der Waals surface area contributed by atoms with Crippen molar-refractivity contribution in [3.63, 3.8) is 0 Å². The third-order valence-electron chi connectivity index (χ3n) is 28.3. The van der Waals surface area contributed by atoms with Gasteiger partial charge in [-0.1, -0.05) is 431 Å². The Balaban J connectivity index is 0.000000111. The van der Waals surface area contributed by atoms with Crippen LogP contribution in [0.1, 0.15) is 0 Å². The van der Waals surface area contributed by atoms with Crippen molar-refractivity contribution in [1.29, 1.82) is 0 Å². The first kappa shape index (κ1) is 87.7. The van der Waals surface area contributed by atoms with E-state index in [9.17, 15) is 0 Å². The average Bonchev–Trinajstić information content (AvgIpc) is 1.57. The van der Waals surface area contributed by atoms with Crippen molar-refractivity contribution < 1.29 is 0 Å². The highest BCUT2D eigenvalue weighted by molar-refractivity contribution is 6.25. The fourth-order valence-corrected chi connectivity index (χ4v) is 21.2. The average molecular weight is 1900 g/mol. The Kier molecular flexibility index (Phi) is 22.3. The standard InChI is InChI=1S/C49H32N4.C48H31N5.C39H24N4/c1-4-14-35(15-5-1)43-32-44(52-49(51-43)38-18-8-3-9-19-38)36-26-24-33(25-27-36)34-28-30-39(31-29-34)53-45-23-13-11-21-41(45)46-47(37-16-6-2-7-17-37)50-42-22-12-10-20-40(42)48(46)53;1-4-14-34(15-5-1)44-43-40-21-11-13-23-42(40)53(45(43)39-20-10-12-22-41(39)49-44)38-30-28-33(29-31-38)32-24-26-37(27-25-32)48-51-46(35-16-6-2-7-17-35)50-47(52-48)36-18-8-3-9-19-36;1-2-9-26(10-3-1)36-35-31-13-5-7-15-34(31)43(39(35)30-12-4-6-14-33(30)42-36)29-21-18-25(19-22-29)32-23-20-28-17-16-27-11-8-24-40-37(27)38(28)41-32/h1-32H;1-31H;1-24H. The molecule has 19 aromatic carbocycles. The number of benzene rings is 19. The van der Waals surface area contributed by atoms with Crippen LogP contribution >= 0.6 is 0 Å². The minimum Gasteiger partial charge on any atom is -0.308 e. The van der Waals surface area contributed by atoms with Crippen molar-refractivity contribution in [2.45, 2.75) is 0 Å². The maximum Gasteiger partial charge on any atom is 0.164 e. The molecule has 0 saturated carbocycles. The maximum atomic E-state index is 5.23. The van der Waals surface area contributed by atoms with Crippen molar-refractivity contribution in [3.05, 3.63) is 528 Å². The van der Waals surface area contributed by atoms with Crippen molar-refractivity contribution in [2.75, 3.05) is 0 Å². The molecule has 0 amide bonds. The Bertz CT molecular complexity index is 9620. The van der Waals surface area contributed by atoms with Crippen LogP contribution in [0.25, 0.3) is 272 Å². The predicted octanol–water partition coefficient (Wildman–Crippen LogP) is 34.1. The molecule has 10 aromatic heterocycles. The smallest absolute Gasteiger partial charge is 0.164 e. The van der Waals surface area contributed by atoms with Gasteiger partial charge in [0.1, 0.15) is 0 Å². The van der Waals surface area contributed by atoms with Crippen molar-refractivity contribution in [2.24, 2.45) is 0 Å². The Hall–Kier alpha value is -20.3. The van der Waals surface area contributed by atoms with E-state index in [-0.39, 0.29) is 0 Å². The van der Waals surface area contributed by atoms with Crippen LogP contribution in [0.5, 0.6) is 0 Å². The molecule has 0 fully saturated rings. The van der Waals surface area contributed by atoms with E-state index in [4.69, 9.17) is 44.9 Å². The lowest BCUT2D eigenvalue weighted by Gasteiger charge is -2.13. The molecule has 0 atom stereocenters. The van der Waals surface area contributed by atoms with E-state index in [0.717, 1.165) is 211 Å². The SMILES string of the molecule is c1ccc(-c2cc(-c3ccc(-c4ccc(-n5c6ccccc6c6c(-c7ccccc7)nc7ccccc7c65)cc4)cc3)nc(-c3ccccc3)n2)cc1.c1ccc(-c2nc(-c3ccccc3)nc(-c3ccc(-c4ccc(-n5c6ccccc6c6c(-c7ccccc7)nc7ccccc7c65)cc4)cc3)n2)cc1.c1ccc(-c2nc3ccccc3c3c2c2ccccc2n3-c2ccc(-c3ccc4ccc5cccnc5c4n3)cc2)cc1. The van der Waals surface area contributed by atoms with Gasteiger partial charge in [0.15, 0.2) is 23.3 Å². The van der Waals surface area contributed by atoms with Crippen LogP contribution in [0.4, 0.5) is 0 Å². The molecule has 0 bridgehead atoms. The molecule has 0 N–H and O–H groups in total. The Labute approximate surface area is 857 Å². The highest BCUT2D eigenvalue weighted by Gasteiger charge is 2.27. The maximum absolute atomic E-state index is 5.23. The molecular formula is C136H87N13. The summed E-state index contributed by atoms with van der Waals surface area (Å²) < 4.78 is 7.18. The van der Waals surface area contributed by atoms with E-state index >= 15 is 0 Å². The molecule has 149 heavy (non-hydrogen) atoms. The number of aromatic nitrogens is 13. The highest BCUT2D eigenvalue weighted by atomic mass is 15.0. The zero-order chi connectivity index (χ0) is 98.6. The van der Waals surface area contributed by atoms with Crippen molar-refractivity contribution >= 4 is 120 Å². The van der Waals surface area contributed by atoms with E-state index in [1.54, 1.807) is 0 Å². The van der Waals surface area contributed by atoms with E-state index < -0.39 is 0 Å². The quantitative estimate of drug-likeness (QED) is 0.0910. The van der Waals surface area contributed by atoms with Gasteiger partial charge in [-0.05, 0) is 113 Å². The van der Waals surface area contributed by atoms with Crippen LogP contribution in [0.15, 0.2) is 528 Å². The molecule has 696 valence electrons. The van der Waals surface area contributed by atoms with Gasteiger partial charge >= 0.3 is 0 Å². The molecule has 0 aliphatic heterocycles. The number of rotatable bonds is 15. The second kappa shape index (κ2) is 37.9. The number of hydrogen-bond donors (Lipinski definition) is 0. The second-order valence-corrected chi connectivity index (χ2v) is 37.2. The number of nitrogens with zero attached hydrogens (tertiary/aromatic N) is 13. The van der Waals surface area contributed by atoms with Gasteiger partial charge in [0.05, 0.1) is 94.8 Å². The first-order chi connectivity index (χ1) is 73.9. The van der Waals surface area contributed by atoms with E-state index in [1.165, 1.54) is 38.0 Å². The topological polar surface area (TPSA) is 144 Å². The normalized spacial score (nSPS) is 11.5. The number of hydrogen-bond acceptors (Lipinski definition) is 10. The predicted molar refractivity (Wildman–Crippen MR) is 613 cm³/mol. The van der Waals surface area contributed by atoms with Gasteiger partial charge in [-0.25, -0.2) is 44.9 Å². The minimum absolute atomic E-state index is 0.641. The van der Waals surface area contributed by atoms with Crippen LogP contribution in [-0.4, -0.2) is 63.5 Å². The molecular weight excluding hydrogens is 1820 g/mol. The lowest BCUT2D eigenvalue weighted by Crippen LogP contribution is -2.00. The molecule has 29 rings (SSSR count). The van der Waals surface area contributed by atoms with Gasteiger partial charge in [-0.15, -0.1) is 0 Å². The van der Waals surface area contributed by atoms with Gasteiger partial charge < -0.3 is 13.7 Å². The van der Waals surface area contributed by atoms with Gasteiger partial charge in [0.2, 0.25) is 0 Å². The summed E-state index contributed by atoms with van der Waals surface area (Å²) in [5.41, 5.74) is 35.6. The summed E-state index contributed by atoms with van der Waals surface area (Å²) in [7, 11) is 0. The number of pyridine rings is 5. The Morgan fingerprint density at radius 3 is 0.772 bits per heavy atom. The van der Waals surface area contributed by atoms with Crippen molar-refractivity contribution in [1.82, 2.24) is 63.5 Å². The highest BCUT2D eigenvalue weighted by Crippen LogP contribution is 2.47.